The van der Waals surface area contributed by atoms with Crippen molar-refractivity contribution in [2.45, 2.75) is 13.3 Å². The summed E-state index contributed by atoms with van der Waals surface area (Å²) in [4.78, 5) is 31.5. The molecule has 1 aromatic carbocycles. The zero-order valence-corrected chi connectivity index (χ0v) is 7.97. The molecule has 6 heteroatoms. The second-order valence-electron chi connectivity index (χ2n) is 2.83. The van der Waals surface area contributed by atoms with Gasteiger partial charge < -0.3 is 0 Å². The summed E-state index contributed by atoms with van der Waals surface area (Å²) in [7, 11) is 0. The predicted molar refractivity (Wildman–Crippen MR) is 53.2 cm³/mol. The highest BCUT2D eigenvalue weighted by Crippen LogP contribution is 2.25. The summed E-state index contributed by atoms with van der Waals surface area (Å²) in [6, 6.07) is 3.39. The van der Waals surface area contributed by atoms with Crippen molar-refractivity contribution in [3.8, 4) is 0 Å². The van der Waals surface area contributed by atoms with Crippen molar-refractivity contribution >= 4 is 17.2 Å². The third kappa shape index (κ3) is 2.22. The molecule has 0 spiro atoms. The SMILES string of the molecule is CCC(=O)c1cc([N+](=O)[O-])ccc1N=O. The first kappa shape index (κ1) is 11.0. The fourth-order valence-corrected chi connectivity index (χ4v) is 1.13. The smallest absolute Gasteiger partial charge is 0.270 e. The molecule has 78 valence electrons. The number of hydrogen-bond acceptors (Lipinski definition) is 5. The van der Waals surface area contributed by atoms with E-state index in [-0.39, 0.29) is 29.1 Å². The fraction of sp³-hybridized carbons (Fsp3) is 0.222. The summed E-state index contributed by atoms with van der Waals surface area (Å²) in [5.41, 5.74) is -0.284. The first-order chi connectivity index (χ1) is 7.10. The van der Waals surface area contributed by atoms with Crippen LogP contribution in [0.2, 0.25) is 0 Å². The molecule has 0 N–H and O–H groups in total. The summed E-state index contributed by atoms with van der Waals surface area (Å²) in [6.07, 6.45) is 0.170. The average molecular weight is 208 g/mol. The highest BCUT2D eigenvalue weighted by molar-refractivity contribution is 6.01. The molecule has 0 heterocycles. The van der Waals surface area contributed by atoms with Crippen molar-refractivity contribution in [3.05, 3.63) is 38.8 Å². The standard InChI is InChI=1S/C9H8N2O4/c1-2-9(12)7-5-6(11(14)15)3-4-8(7)10-13/h3-5H,2H2,1H3. The molecule has 0 amide bonds. The van der Waals surface area contributed by atoms with Crippen molar-refractivity contribution in [2.24, 2.45) is 5.18 Å². The van der Waals surface area contributed by atoms with Gasteiger partial charge >= 0.3 is 0 Å². The highest BCUT2D eigenvalue weighted by Gasteiger charge is 2.15. The number of rotatable bonds is 4. The molecule has 0 saturated carbocycles. The van der Waals surface area contributed by atoms with Gasteiger partial charge in [-0.3, -0.25) is 14.9 Å². The minimum atomic E-state index is -0.624. The zero-order valence-electron chi connectivity index (χ0n) is 7.97. The average Bonchev–Trinajstić information content (AvgIpc) is 2.27. The van der Waals surface area contributed by atoms with Crippen LogP contribution in [0.4, 0.5) is 11.4 Å². The number of carbonyl (C=O) groups excluding carboxylic acids is 1. The number of benzene rings is 1. The number of non-ortho nitro benzene ring substituents is 1. The topological polar surface area (TPSA) is 89.6 Å². The van der Waals surface area contributed by atoms with E-state index in [1.165, 1.54) is 6.07 Å². The normalized spacial score (nSPS) is 9.67. The molecule has 0 aliphatic heterocycles. The van der Waals surface area contributed by atoms with E-state index < -0.39 is 4.92 Å². The Morgan fingerprint density at radius 3 is 2.67 bits per heavy atom. The quantitative estimate of drug-likeness (QED) is 0.329. The summed E-state index contributed by atoms with van der Waals surface area (Å²) in [6.45, 7) is 1.61. The van der Waals surface area contributed by atoms with Crippen molar-refractivity contribution in [1.82, 2.24) is 0 Å². The van der Waals surface area contributed by atoms with Gasteiger partial charge in [0.05, 0.1) is 10.5 Å². The predicted octanol–water partition coefficient (Wildman–Crippen LogP) is 2.59. The Kier molecular flexibility index (Phi) is 3.22. The van der Waals surface area contributed by atoms with E-state index in [4.69, 9.17) is 0 Å². The Morgan fingerprint density at radius 2 is 2.20 bits per heavy atom. The van der Waals surface area contributed by atoms with Crippen LogP contribution in [0.3, 0.4) is 0 Å². The molecule has 0 radical (unpaired) electrons. The monoisotopic (exact) mass is 208 g/mol. The molecule has 0 aliphatic rings. The van der Waals surface area contributed by atoms with Crippen LogP contribution in [-0.2, 0) is 0 Å². The molecule has 15 heavy (non-hydrogen) atoms. The van der Waals surface area contributed by atoms with Gasteiger partial charge in [-0.1, -0.05) is 6.92 Å². The van der Waals surface area contributed by atoms with Gasteiger partial charge in [-0.25, -0.2) is 0 Å². The van der Waals surface area contributed by atoms with Gasteiger partial charge in [0.2, 0.25) is 0 Å². The van der Waals surface area contributed by atoms with E-state index in [1.54, 1.807) is 6.92 Å². The van der Waals surface area contributed by atoms with Crippen LogP contribution in [0.1, 0.15) is 23.7 Å². The Morgan fingerprint density at radius 1 is 1.53 bits per heavy atom. The Labute approximate surface area is 85.0 Å². The first-order valence-corrected chi connectivity index (χ1v) is 4.25. The number of Topliss-reactive ketones (excluding diaryl/α,β-unsaturated/α-hetero) is 1. The molecule has 0 unspecified atom stereocenters. The maximum Gasteiger partial charge on any atom is 0.270 e. The molecule has 0 aliphatic carbocycles. The van der Waals surface area contributed by atoms with E-state index >= 15 is 0 Å². The van der Waals surface area contributed by atoms with Gasteiger partial charge in [-0.05, 0) is 11.2 Å². The van der Waals surface area contributed by atoms with E-state index in [1.807, 2.05) is 0 Å². The lowest BCUT2D eigenvalue weighted by Gasteiger charge is -2.00. The number of ketones is 1. The maximum atomic E-state index is 11.3. The second-order valence-corrected chi connectivity index (χ2v) is 2.83. The van der Waals surface area contributed by atoms with Crippen LogP contribution in [0.15, 0.2) is 23.4 Å². The van der Waals surface area contributed by atoms with Gasteiger partial charge in [-0.2, -0.15) is 0 Å². The maximum absolute atomic E-state index is 11.3. The van der Waals surface area contributed by atoms with Crippen LogP contribution in [0.25, 0.3) is 0 Å². The highest BCUT2D eigenvalue weighted by atomic mass is 16.6. The number of nitro benzene ring substituents is 1. The van der Waals surface area contributed by atoms with Gasteiger partial charge in [0, 0.05) is 18.6 Å². The number of nitrogens with zero attached hydrogens (tertiary/aromatic N) is 2. The minimum absolute atomic E-state index is 0.00157. The molecule has 6 nitrogen and oxygen atoms in total. The van der Waals surface area contributed by atoms with E-state index in [0.717, 1.165) is 12.1 Å². The van der Waals surface area contributed by atoms with Crippen LogP contribution in [0.5, 0.6) is 0 Å². The molecular weight excluding hydrogens is 200 g/mol. The molecule has 1 rings (SSSR count). The van der Waals surface area contributed by atoms with Gasteiger partial charge in [0.1, 0.15) is 5.69 Å². The molecule has 1 aromatic rings. The molecule has 0 atom stereocenters. The Hall–Kier alpha value is -2.11. The first-order valence-electron chi connectivity index (χ1n) is 4.25. The van der Waals surface area contributed by atoms with E-state index in [0.29, 0.717) is 0 Å². The lowest BCUT2D eigenvalue weighted by Crippen LogP contribution is -1.98. The molecule has 0 saturated heterocycles. The zero-order chi connectivity index (χ0) is 11.4. The van der Waals surface area contributed by atoms with E-state index in [2.05, 4.69) is 5.18 Å². The molecular formula is C9H8N2O4. The number of nitroso groups, excluding NO2 is 1. The van der Waals surface area contributed by atoms with Crippen LogP contribution in [0, 0.1) is 15.0 Å². The minimum Gasteiger partial charge on any atom is -0.294 e. The van der Waals surface area contributed by atoms with Crippen molar-refractivity contribution in [3.63, 3.8) is 0 Å². The summed E-state index contributed by atoms with van der Waals surface area (Å²) < 4.78 is 0. The largest absolute Gasteiger partial charge is 0.294 e. The second kappa shape index (κ2) is 4.41. The number of nitro groups is 1. The third-order valence-electron chi connectivity index (χ3n) is 1.91. The Balaban J connectivity index is 3.31. The fourth-order valence-electron chi connectivity index (χ4n) is 1.13. The third-order valence-corrected chi connectivity index (χ3v) is 1.91. The lowest BCUT2D eigenvalue weighted by atomic mass is 10.1. The number of hydrogen-bond donors (Lipinski definition) is 0. The molecule has 0 aromatic heterocycles. The van der Waals surface area contributed by atoms with E-state index in [9.17, 15) is 19.8 Å². The summed E-state index contributed by atoms with van der Waals surface area (Å²) in [5.74, 6) is -0.340. The van der Waals surface area contributed by atoms with Crippen LogP contribution in [-0.4, -0.2) is 10.7 Å². The Bertz CT molecular complexity index is 428. The molecule has 0 fully saturated rings. The van der Waals surface area contributed by atoms with Crippen molar-refractivity contribution < 1.29 is 9.72 Å². The van der Waals surface area contributed by atoms with Gasteiger partial charge in [0.25, 0.3) is 5.69 Å². The summed E-state index contributed by atoms with van der Waals surface area (Å²) in [5, 5.41) is 13.1. The van der Waals surface area contributed by atoms with Crippen LogP contribution < -0.4 is 0 Å². The lowest BCUT2D eigenvalue weighted by molar-refractivity contribution is -0.384. The van der Waals surface area contributed by atoms with Gasteiger partial charge in [0.15, 0.2) is 5.78 Å². The molecule has 0 bridgehead atoms. The van der Waals surface area contributed by atoms with Crippen molar-refractivity contribution in [2.75, 3.05) is 0 Å². The van der Waals surface area contributed by atoms with Crippen LogP contribution >= 0.6 is 0 Å². The number of carbonyl (C=O) groups is 1. The van der Waals surface area contributed by atoms with Crippen molar-refractivity contribution in [1.29, 1.82) is 0 Å². The summed E-state index contributed by atoms with van der Waals surface area (Å²) >= 11 is 0. The van der Waals surface area contributed by atoms with Gasteiger partial charge in [-0.15, -0.1) is 4.91 Å².